The summed E-state index contributed by atoms with van der Waals surface area (Å²) in [4.78, 5) is 14.7. The number of hydrogen-bond donors (Lipinski definition) is 1. The molecular weight excluding hydrogens is 236 g/mol. The number of imidazole rings is 1. The van der Waals surface area contributed by atoms with Gasteiger partial charge in [-0.15, -0.1) is 0 Å². The zero-order valence-electron chi connectivity index (χ0n) is 6.44. The van der Waals surface area contributed by atoms with Gasteiger partial charge in [0.25, 0.3) is 0 Å². The zero-order valence-corrected chi connectivity index (χ0v) is 8.02. The van der Waals surface area contributed by atoms with Crippen molar-refractivity contribution in [1.82, 2.24) is 9.38 Å². The van der Waals surface area contributed by atoms with Gasteiger partial charge in [-0.1, -0.05) is 15.9 Å². The average molecular weight is 241 g/mol. The Bertz CT molecular complexity index is 478. The van der Waals surface area contributed by atoms with E-state index in [2.05, 4.69) is 20.9 Å². The Balaban J connectivity index is 2.84. The highest BCUT2D eigenvalue weighted by Crippen LogP contribution is 2.16. The van der Waals surface area contributed by atoms with Crippen molar-refractivity contribution in [3.8, 4) is 0 Å². The molecule has 2 heterocycles. The summed E-state index contributed by atoms with van der Waals surface area (Å²) < 4.78 is 2.26. The van der Waals surface area contributed by atoms with E-state index in [1.165, 1.54) is 16.8 Å². The Hall–Kier alpha value is -1.36. The summed E-state index contributed by atoms with van der Waals surface area (Å²) in [6.07, 6.45) is 3.09. The van der Waals surface area contributed by atoms with Crippen LogP contribution in [0.25, 0.3) is 5.52 Å². The van der Waals surface area contributed by atoms with Crippen molar-refractivity contribution in [3.63, 3.8) is 0 Å². The van der Waals surface area contributed by atoms with E-state index < -0.39 is 5.97 Å². The summed E-state index contributed by atoms with van der Waals surface area (Å²) in [7, 11) is 0. The summed E-state index contributed by atoms with van der Waals surface area (Å²) in [6, 6.07) is 3.34. The normalized spacial score (nSPS) is 10.5. The number of aromatic carboxylic acids is 1. The standard InChI is InChI=1S/C8H5BrN2O2/c9-5-1-6-3-10-4-11(6)7(2-5)8(12)13/h1-4H,(H,12,13). The minimum Gasteiger partial charge on any atom is -0.477 e. The number of nitrogens with zero attached hydrogens (tertiary/aromatic N) is 2. The molecule has 2 aromatic rings. The molecule has 0 radical (unpaired) electrons. The van der Waals surface area contributed by atoms with Gasteiger partial charge in [-0.05, 0) is 12.1 Å². The summed E-state index contributed by atoms with van der Waals surface area (Å²) in [6.45, 7) is 0. The molecule has 0 amide bonds. The molecule has 0 aliphatic rings. The lowest BCUT2D eigenvalue weighted by atomic mass is 10.3. The molecule has 0 aliphatic carbocycles. The first kappa shape index (κ1) is 8.25. The van der Waals surface area contributed by atoms with Crippen molar-refractivity contribution in [1.29, 1.82) is 0 Å². The fourth-order valence-corrected chi connectivity index (χ4v) is 1.61. The zero-order chi connectivity index (χ0) is 9.42. The van der Waals surface area contributed by atoms with Crippen molar-refractivity contribution in [2.24, 2.45) is 0 Å². The third-order valence-electron chi connectivity index (χ3n) is 1.71. The van der Waals surface area contributed by atoms with Gasteiger partial charge in [-0.25, -0.2) is 9.78 Å². The molecule has 0 bridgehead atoms. The van der Waals surface area contributed by atoms with E-state index in [1.807, 2.05) is 0 Å². The highest BCUT2D eigenvalue weighted by Gasteiger charge is 2.08. The molecule has 0 aliphatic heterocycles. The number of fused-ring (bicyclic) bond motifs is 1. The summed E-state index contributed by atoms with van der Waals surface area (Å²) >= 11 is 3.23. The van der Waals surface area contributed by atoms with Crippen LogP contribution < -0.4 is 0 Å². The monoisotopic (exact) mass is 240 g/mol. The maximum atomic E-state index is 10.8. The first-order valence-corrected chi connectivity index (χ1v) is 4.32. The molecule has 0 aromatic carbocycles. The van der Waals surface area contributed by atoms with Crippen LogP contribution in [0.3, 0.4) is 0 Å². The molecular formula is C8H5BrN2O2. The number of hydrogen-bond acceptors (Lipinski definition) is 2. The molecule has 0 atom stereocenters. The first-order valence-electron chi connectivity index (χ1n) is 3.53. The lowest BCUT2D eigenvalue weighted by Crippen LogP contribution is -2.03. The lowest BCUT2D eigenvalue weighted by Gasteiger charge is -2.00. The molecule has 5 heteroatoms. The van der Waals surface area contributed by atoms with Crippen molar-refractivity contribution >= 4 is 27.4 Å². The van der Waals surface area contributed by atoms with Gasteiger partial charge in [-0.3, -0.25) is 4.40 Å². The number of halogens is 1. The topological polar surface area (TPSA) is 54.6 Å². The molecule has 0 saturated heterocycles. The van der Waals surface area contributed by atoms with Crippen LogP contribution in [0.5, 0.6) is 0 Å². The molecule has 0 spiro atoms. The number of carboxylic acid groups (broad SMARTS) is 1. The third kappa shape index (κ3) is 1.31. The largest absolute Gasteiger partial charge is 0.477 e. The smallest absolute Gasteiger partial charge is 0.352 e. The second kappa shape index (κ2) is 2.85. The molecule has 0 saturated carbocycles. The van der Waals surface area contributed by atoms with Crippen molar-refractivity contribution in [2.75, 3.05) is 0 Å². The minimum atomic E-state index is -0.968. The molecule has 2 rings (SSSR count). The summed E-state index contributed by atoms with van der Waals surface area (Å²) in [5, 5.41) is 8.86. The van der Waals surface area contributed by atoms with Crippen LogP contribution >= 0.6 is 15.9 Å². The number of carbonyl (C=O) groups is 1. The number of pyridine rings is 1. The van der Waals surface area contributed by atoms with Crippen LogP contribution in [-0.4, -0.2) is 20.5 Å². The molecule has 13 heavy (non-hydrogen) atoms. The van der Waals surface area contributed by atoms with E-state index in [-0.39, 0.29) is 5.69 Å². The Morgan fingerprint density at radius 2 is 2.31 bits per heavy atom. The number of aromatic nitrogens is 2. The van der Waals surface area contributed by atoms with Crippen LogP contribution in [0.2, 0.25) is 0 Å². The molecule has 0 fully saturated rings. The predicted molar refractivity (Wildman–Crippen MR) is 49.9 cm³/mol. The maximum Gasteiger partial charge on any atom is 0.352 e. The maximum absolute atomic E-state index is 10.8. The van der Waals surface area contributed by atoms with Gasteiger partial charge in [0, 0.05) is 4.47 Å². The molecule has 1 N–H and O–H groups in total. The van der Waals surface area contributed by atoms with Gasteiger partial charge < -0.3 is 5.11 Å². The van der Waals surface area contributed by atoms with Crippen molar-refractivity contribution < 1.29 is 9.90 Å². The third-order valence-corrected chi connectivity index (χ3v) is 2.16. The molecule has 66 valence electrons. The van der Waals surface area contributed by atoms with Crippen LogP contribution in [0.4, 0.5) is 0 Å². The summed E-state index contributed by atoms with van der Waals surface area (Å²) in [5.41, 5.74) is 0.952. The van der Waals surface area contributed by atoms with Gasteiger partial charge in [-0.2, -0.15) is 0 Å². The molecule has 0 unspecified atom stereocenters. The Labute approximate surface area is 82.0 Å². The number of carboxylic acids is 1. The fraction of sp³-hybridized carbons (Fsp3) is 0. The molecule has 4 nitrogen and oxygen atoms in total. The first-order chi connectivity index (χ1) is 6.18. The van der Waals surface area contributed by atoms with E-state index in [4.69, 9.17) is 5.11 Å². The van der Waals surface area contributed by atoms with Gasteiger partial charge >= 0.3 is 5.97 Å². The van der Waals surface area contributed by atoms with Crippen molar-refractivity contribution in [3.05, 3.63) is 34.8 Å². The van der Waals surface area contributed by atoms with Crippen molar-refractivity contribution in [2.45, 2.75) is 0 Å². The van der Waals surface area contributed by atoms with E-state index in [0.29, 0.717) is 0 Å². The highest BCUT2D eigenvalue weighted by atomic mass is 79.9. The van der Waals surface area contributed by atoms with Gasteiger partial charge in [0.15, 0.2) is 0 Å². The number of rotatable bonds is 1. The Morgan fingerprint density at radius 3 is 3.00 bits per heavy atom. The second-order valence-corrected chi connectivity index (χ2v) is 3.47. The fourth-order valence-electron chi connectivity index (χ4n) is 1.16. The van der Waals surface area contributed by atoms with Crippen LogP contribution in [-0.2, 0) is 0 Å². The van der Waals surface area contributed by atoms with Crippen LogP contribution in [0.1, 0.15) is 10.5 Å². The Morgan fingerprint density at radius 1 is 1.54 bits per heavy atom. The molecule has 2 aromatic heterocycles. The average Bonchev–Trinajstić information content (AvgIpc) is 2.49. The second-order valence-electron chi connectivity index (χ2n) is 2.55. The predicted octanol–water partition coefficient (Wildman–Crippen LogP) is 1.79. The Kier molecular flexibility index (Phi) is 1.81. The van der Waals surface area contributed by atoms with Gasteiger partial charge in [0.2, 0.25) is 0 Å². The van der Waals surface area contributed by atoms with Gasteiger partial charge in [0.1, 0.15) is 5.69 Å². The van der Waals surface area contributed by atoms with Crippen LogP contribution in [0, 0.1) is 0 Å². The van der Waals surface area contributed by atoms with Gasteiger partial charge in [0.05, 0.1) is 18.0 Å². The quantitative estimate of drug-likeness (QED) is 0.828. The van der Waals surface area contributed by atoms with Crippen LogP contribution in [0.15, 0.2) is 29.1 Å². The summed E-state index contributed by atoms with van der Waals surface area (Å²) in [5.74, 6) is -0.968. The lowest BCUT2D eigenvalue weighted by molar-refractivity contribution is 0.0688. The minimum absolute atomic E-state index is 0.196. The van der Waals surface area contributed by atoms with E-state index in [1.54, 1.807) is 12.3 Å². The van der Waals surface area contributed by atoms with E-state index in [9.17, 15) is 4.79 Å². The van der Waals surface area contributed by atoms with E-state index in [0.717, 1.165) is 9.99 Å². The highest BCUT2D eigenvalue weighted by molar-refractivity contribution is 9.10. The SMILES string of the molecule is O=C(O)c1cc(Br)cc2cncn12. The van der Waals surface area contributed by atoms with E-state index >= 15 is 0 Å².